The normalized spacial score (nSPS) is 12.7. The van der Waals surface area contributed by atoms with E-state index in [1.807, 2.05) is 19.1 Å². The Labute approximate surface area is 240 Å². The molecular weight excluding hydrogens is 512 g/mol. The smallest absolute Gasteiger partial charge is 0.343 e. The fourth-order valence-electron chi connectivity index (χ4n) is 4.25. The Morgan fingerprint density at radius 1 is 0.692 bits per heavy atom. The third kappa shape index (κ3) is 13.4. The predicted molar refractivity (Wildman–Crippen MR) is 159 cm³/mol. The van der Waals surface area contributed by atoms with Crippen molar-refractivity contribution in [1.82, 2.24) is 0 Å². The summed E-state index contributed by atoms with van der Waals surface area (Å²) in [7, 11) is 0. The van der Waals surface area contributed by atoms with E-state index in [9.17, 15) is 9.59 Å². The lowest BCUT2D eigenvalue weighted by Gasteiger charge is -2.17. The van der Waals surface area contributed by atoms with E-state index in [2.05, 4.69) is 20.8 Å². The zero-order chi connectivity index (χ0) is 28.5. The molecule has 0 bridgehead atoms. The number of hydrogen-bond donors (Lipinski definition) is 0. The highest BCUT2D eigenvalue weighted by molar-refractivity contribution is 6.30. The van der Waals surface area contributed by atoms with Gasteiger partial charge in [-0.2, -0.15) is 0 Å². The lowest BCUT2D eigenvalue weighted by atomic mass is 9.97. The lowest BCUT2D eigenvalue weighted by Crippen LogP contribution is -2.27. The van der Waals surface area contributed by atoms with Crippen LogP contribution in [0.1, 0.15) is 109 Å². The summed E-state index contributed by atoms with van der Waals surface area (Å²) in [4.78, 5) is 25.0. The molecule has 2 unspecified atom stereocenters. The maximum Gasteiger partial charge on any atom is 0.343 e. The second-order valence-electron chi connectivity index (χ2n) is 10.8. The third-order valence-electron chi connectivity index (χ3n) is 6.78. The number of halogens is 1. The number of carbonyl (C=O) groups excluding carboxylic acids is 2. The van der Waals surface area contributed by atoms with Crippen LogP contribution in [0, 0.1) is 11.8 Å². The summed E-state index contributed by atoms with van der Waals surface area (Å²) in [5.41, 5.74) is 0.356. The third-order valence-corrected chi connectivity index (χ3v) is 7.38. The number of unbranched alkanes of at least 4 members (excludes halogenated alkanes) is 7. The lowest BCUT2D eigenvalue weighted by molar-refractivity contribution is -0.134. The van der Waals surface area contributed by atoms with Gasteiger partial charge in [0.1, 0.15) is 22.6 Å². The van der Waals surface area contributed by atoms with Gasteiger partial charge in [0, 0.05) is 0 Å². The Kier molecular flexibility index (Phi) is 15.7. The van der Waals surface area contributed by atoms with Crippen molar-refractivity contribution < 1.29 is 23.8 Å². The van der Waals surface area contributed by atoms with Gasteiger partial charge in [-0.1, -0.05) is 85.5 Å². The summed E-state index contributed by atoms with van der Waals surface area (Å²) in [5, 5.41) is -0.714. The van der Waals surface area contributed by atoms with Crippen LogP contribution in [0.4, 0.5) is 0 Å². The van der Waals surface area contributed by atoms with Gasteiger partial charge >= 0.3 is 11.9 Å². The Hall–Kier alpha value is -2.53. The first-order chi connectivity index (χ1) is 18.8. The van der Waals surface area contributed by atoms with Crippen molar-refractivity contribution in [1.29, 1.82) is 0 Å². The first-order valence-electron chi connectivity index (χ1n) is 14.7. The first-order valence-corrected chi connectivity index (χ1v) is 15.1. The summed E-state index contributed by atoms with van der Waals surface area (Å²) in [6.45, 7) is 9.26. The maximum absolute atomic E-state index is 12.6. The van der Waals surface area contributed by atoms with E-state index in [4.69, 9.17) is 25.8 Å². The molecule has 0 fully saturated rings. The second-order valence-corrected chi connectivity index (χ2v) is 11.3. The van der Waals surface area contributed by atoms with E-state index in [-0.39, 0.29) is 5.92 Å². The van der Waals surface area contributed by atoms with E-state index in [0.29, 0.717) is 29.6 Å². The van der Waals surface area contributed by atoms with Crippen LogP contribution in [0.25, 0.3) is 0 Å². The molecule has 216 valence electrons. The van der Waals surface area contributed by atoms with Gasteiger partial charge in [-0.3, -0.25) is 4.79 Å². The first kappa shape index (κ1) is 32.7. The molecule has 0 aliphatic rings. The number of esters is 2. The van der Waals surface area contributed by atoms with E-state index in [1.165, 1.54) is 44.9 Å². The molecule has 5 nitrogen and oxygen atoms in total. The van der Waals surface area contributed by atoms with Gasteiger partial charge in [-0.15, -0.1) is 11.6 Å². The van der Waals surface area contributed by atoms with Crippen molar-refractivity contribution in [3.63, 3.8) is 0 Å². The number of carbonyl (C=O) groups is 2. The molecule has 0 aromatic heterocycles. The molecule has 0 amide bonds. The summed E-state index contributed by atoms with van der Waals surface area (Å²) < 4.78 is 16.7. The van der Waals surface area contributed by atoms with Gasteiger partial charge in [0.15, 0.2) is 0 Å². The molecule has 0 aliphatic heterocycles. The van der Waals surface area contributed by atoms with Crippen molar-refractivity contribution in [2.45, 2.75) is 104 Å². The predicted octanol–water partition coefficient (Wildman–Crippen LogP) is 9.40. The minimum absolute atomic E-state index is 0.0223. The summed E-state index contributed by atoms with van der Waals surface area (Å²) in [5.74, 6) is 1.22. The van der Waals surface area contributed by atoms with Crippen LogP contribution in [0.2, 0.25) is 0 Å². The molecule has 2 atom stereocenters. The van der Waals surface area contributed by atoms with Crippen LogP contribution in [0.3, 0.4) is 0 Å². The van der Waals surface area contributed by atoms with Gasteiger partial charge in [0.2, 0.25) is 0 Å². The molecule has 2 rings (SSSR count). The number of rotatable bonds is 19. The molecule has 2 aromatic rings. The average molecular weight is 559 g/mol. The molecule has 0 saturated heterocycles. The Balaban J connectivity index is 1.71. The van der Waals surface area contributed by atoms with Crippen molar-refractivity contribution in [2.24, 2.45) is 11.8 Å². The SMILES string of the molecule is CCCCCCCCCCOc1ccc(OC(=O)c2ccc(OC(=O)C(Cl)C(C)CCCC(C)C)cc2)cc1. The van der Waals surface area contributed by atoms with Crippen LogP contribution in [-0.2, 0) is 4.79 Å². The van der Waals surface area contributed by atoms with Crippen LogP contribution in [-0.4, -0.2) is 23.9 Å². The molecule has 0 saturated carbocycles. The maximum atomic E-state index is 12.6. The molecule has 0 radical (unpaired) electrons. The van der Waals surface area contributed by atoms with Gasteiger partial charge in [0.25, 0.3) is 0 Å². The summed E-state index contributed by atoms with van der Waals surface area (Å²) >= 11 is 6.34. The largest absolute Gasteiger partial charge is 0.494 e. The van der Waals surface area contributed by atoms with Crippen molar-refractivity contribution >= 4 is 23.5 Å². The van der Waals surface area contributed by atoms with Gasteiger partial charge in [-0.05, 0) is 73.2 Å². The minimum Gasteiger partial charge on any atom is -0.494 e. The van der Waals surface area contributed by atoms with E-state index < -0.39 is 17.3 Å². The Morgan fingerprint density at radius 3 is 1.85 bits per heavy atom. The average Bonchev–Trinajstić information content (AvgIpc) is 2.92. The highest BCUT2D eigenvalue weighted by Gasteiger charge is 2.24. The number of benzene rings is 2. The molecular formula is C33H47ClO5. The van der Waals surface area contributed by atoms with Gasteiger partial charge in [0.05, 0.1) is 12.2 Å². The molecule has 0 heterocycles. The van der Waals surface area contributed by atoms with Crippen LogP contribution in [0.5, 0.6) is 17.2 Å². The van der Waals surface area contributed by atoms with Crippen molar-refractivity contribution in [2.75, 3.05) is 6.61 Å². The zero-order valence-electron chi connectivity index (χ0n) is 24.3. The van der Waals surface area contributed by atoms with E-state index in [1.54, 1.807) is 36.4 Å². The molecule has 2 aromatic carbocycles. The number of alkyl halides is 1. The number of ether oxygens (including phenoxy) is 3. The quantitative estimate of drug-likeness (QED) is 0.0743. The fraction of sp³-hybridized carbons (Fsp3) is 0.576. The zero-order valence-corrected chi connectivity index (χ0v) is 25.0. The van der Waals surface area contributed by atoms with E-state index in [0.717, 1.165) is 31.4 Å². The monoisotopic (exact) mass is 558 g/mol. The second kappa shape index (κ2) is 18.7. The molecule has 39 heavy (non-hydrogen) atoms. The molecule has 6 heteroatoms. The number of hydrogen-bond acceptors (Lipinski definition) is 5. The van der Waals surface area contributed by atoms with Gasteiger partial charge in [-0.25, -0.2) is 4.79 Å². The van der Waals surface area contributed by atoms with Crippen molar-refractivity contribution in [3.05, 3.63) is 54.1 Å². The van der Waals surface area contributed by atoms with Gasteiger partial charge < -0.3 is 14.2 Å². The van der Waals surface area contributed by atoms with Crippen LogP contribution in [0.15, 0.2) is 48.5 Å². The molecule has 0 spiro atoms. The topological polar surface area (TPSA) is 61.8 Å². The van der Waals surface area contributed by atoms with E-state index >= 15 is 0 Å². The highest BCUT2D eigenvalue weighted by atomic mass is 35.5. The highest BCUT2D eigenvalue weighted by Crippen LogP contribution is 2.23. The Morgan fingerprint density at radius 2 is 1.23 bits per heavy atom. The minimum atomic E-state index is -0.714. The van der Waals surface area contributed by atoms with Crippen LogP contribution >= 0.6 is 11.6 Å². The molecule has 0 aliphatic carbocycles. The Bertz CT molecular complexity index is 955. The van der Waals surface area contributed by atoms with Crippen LogP contribution < -0.4 is 14.2 Å². The standard InChI is InChI=1S/C33H47ClO5/c1-5-6-7-8-9-10-11-12-24-37-28-20-22-30(23-21-28)38-32(35)27-16-18-29(19-17-27)39-33(36)31(34)26(4)15-13-14-25(2)3/h16-23,25-26,31H,5-15,24H2,1-4H3. The fourth-order valence-corrected chi connectivity index (χ4v) is 4.42. The molecule has 0 N–H and O–H groups in total. The summed E-state index contributed by atoms with van der Waals surface area (Å²) in [6.07, 6.45) is 13.1. The van der Waals surface area contributed by atoms with Crippen molar-refractivity contribution in [3.8, 4) is 17.2 Å². The summed E-state index contributed by atoms with van der Waals surface area (Å²) in [6, 6.07) is 13.3.